The van der Waals surface area contributed by atoms with Gasteiger partial charge >= 0.3 is 0 Å². The highest BCUT2D eigenvalue weighted by Crippen LogP contribution is 2.53. The summed E-state index contributed by atoms with van der Waals surface area (Å²) in [6.45, 7) is 44.0. The van der Waals surface area contributed by atoms with Crippen LogP contribution in [-0.4, -0.2) is 0 Å². The second-order valence-corrected chi connectivity index (χ2v) is 18.2. The lowest BCUT2D eigenvalue weighted by molar-refractivity contribution is 0.00934. The van der Waals surface area contributed by atoms with Crippen LogP contribution in [0.3, 0.4) is 0 Å². The fourth-order valence-electron chi connectivity index (χ4n) is 9.50. The molecule has 0 spiro atoms. The summed E-state index contributed by atoms with van der Waals surface area (Å²) in [7, 11) is 0. The summed E-state index contributed by atoms with van der Waals surface area (Å²) >= 11 is 0. The molecule has 0 nitrogen and oxygen atoms in total. The molecule has 0 aromatic rings. The molecule has 0 aliphatic heterocycles. The van der Waals surface area contributed by atoms with E-state index in [4.69, 9.17) is 0 Å². The van der Waals surface area contributed by atoms with E-state index in [1.165, 1.54) is 128 Å². The SMILES string of the molecule is CCCC(C)(CC)C(CCC(C)(CC)CC)C(C)(CC)CC.CCCC(C)(CC)C(CCCCC(C)(CC)CC)C(C)(CC)CC. The van der Waals surface area contributed by atoms with Gasteiger partial charge in [-0.15, -0.1) is 0 Å². The summed E-state index contributed by atoms with van der Waals surface area (Å²) in [5.41, 5.74) is 3.17. The summed E-state index contributed by atoms with van der Waals surface area (Å²) in [5.74, 6) is 1.73. The van der Waals surface area contributed by atoms with Crippen LogP contribution in [0.5, 0.6) is 0 Å². The first kappa shape index (κ1) is 48.1. The Bertz CT molecular complexity index is 714. The predicted molar refractivity (Wildman–Crippen MR) is 216 cm³/mol. The molecule has 0 fully saturated rings. The lowest BCUT2D eigenvalue weighted by Crippen LogP contribution is -2.40. The summed E-state index contributed by atoms with van der Waals surface area (Å²) in [4.78, 5) is 0. The molecule has 0 N–H and O–H groups in total. The van der Waals surface area contributed by atoms with Gasteiger partial charge in [-0.2, -0.15) is 0 Å². The maximum atomic E-state index is 2.59. The van der Waals surface area contributed by atoms with Crippen LogP contribution in [0.15, 0.2) is 0 Å². The maximum Gasteiger partial charge on any atom is -0.0295 e. The average molecular weight is 649 g/mol. The fraction of sp³-hybridized carbons (Fsp3) is 1.00. The van der Waals surface area contributed by atoms with Gasteiger partial charge in [-0.25, -0.2) is 0 Å². The molecule has 0 rings (SSSR count). The van der Waals surface area contributed by atoms with Gasteiger partial charge in [-0.05, 0) is 82.9 Å². The Hall–Kier alpha value is 0. The van der Waals surface area contributed by atoms with E-state index in [0.717, 1.165) is 11.8 Å². The van der Waals surface area contributed by atoms with Crippen LogP contribution < -0.4 is 0 Å². The molecular formula is C46H96. The smallest absolute Gasteiger partial charge is 0.0295 e. The molecular weight excluding hydrogens is 553 g/mol. The Morgan fingerprint density at radius 2 is 0.609 bits per heavy atom. The second kappa shape index (κ2) is 22.7. The van der Waals surface area contributed by atoms with Crippen LogP contribution in [0.2, 0.25) is 0 Å². The molecule has 280 valence electrons. The summed E-state index contributed by atoms with van der Waals surface area (Å²) in [6, 6.07) is 0. The Balaban J connectivity index is 0. The molecule has 0 radical (unpaired) electrons. The van der Waals surface area contributed by atoms with Gasteiger partial charge in [0.15, 0.2) is 0 Å². The van der Waals surface area contributed by atoms with Crippen LogP contribution in [-0.2, 0) is 0 Å². The number of unbranched alkanes of at least 4 members (excludes halogenated alkanes) is 1. The quantitative estimate of drug-likeness (QED) is 0.0819. The zero-order chi connectivity index (χ0) is 36.3. The summed E-state index contributed by atoms with van der Waals surface area (Å²) < 4.78 is 0. The molecule has 4 unspecified atom stereocenters. The number of hydrogen-bond acceptors (Lipinski definition) is 0. The van der Waals surface area contributed by atoms with Crippen molar-refractivity contribution in [3.63, 3.8) is 0 Å². The van der Waals surface area contributed by atoms with E-state index in [0.29, 0.717) is 32.5 Å². The first-order valence-electron chi connectivity index (χ1n) is 21.4. The van der Waals surface area contributed by atoms with Gasteiger partial charge in [0.05, 0.1) is 0 Å². The molecule has 0 heterocycles. The molecule has 0 saturated heterocycles. The highest BCUT2D eigenvalue weighted by Gasteiger charge is 2.44. The second-order valence-electron chi connectivity index (χ2n) is 18.2. The minimum Gasteiger partial charge on any atom is -0.0654 e. The van der Waals surface area contributed by atoms with Crippen molar-refractivity contribution in [3.05, 3.63) is 0 Å². The molecule has 0 amide bonds. The van der Waals surface area contributed by atoms with Crippen molar-refractivity contribution in [1.29, 1.82) is 0 Å². The van der Waals surface area contributed by atoms with Crippen molar-refractivity contribution in [2.75, 3.05) is 0 Å². The molecule has 0 aromatic heterocycles. The Morgan fingerprint density at radius 3 is 0.891 bits per heavy atom. The minimum atomic E-state index is 0.502. The number of hydrogen-bond donors (Lipinski definition) is 0. The predicted octanol–water partition coefficient (Wildman–Crippen LogP) is 17.3. The zero-order valence-corrected chi connectivity index (χ0v) is 36.3. The highest BCUT2D eigenvalue weighted by atomic mass is 14.5. The molecule has 4 atom stereocenters. The molecule has 0 aromatic carbocycles. The standard InChI is InChI=1S/C24H50.C22H46/c1-10-19-24(9,15-6)21(23(8,13-4)14-5)18-16-17-20-22(7,11-2)12-3;1-10-17-22(9,15-6)19(21(8,13-4)14-5)16-18-20(7,11-2)12-3/h21H,10-20H2,1-9H3;19H,10-18H2,1-9H3. The highest BCUT2D eigenvalue weighted by molar-refractivity contribution is 4.94. The molecule has 0 aliphatic carbocycles. The molecule has 0 heteroatoms. The van der Waals surface area contributed by atoms with Gasteiger partial charge in [0, 0.05) is 0 Å². The van der Waals surface area contributed by atoms with Crippen molar-refractivity contribution in [2.45, 2.75) is 253 Å². The van der Waals surface area contributed by atoms with E-state index < -0.39 is 0 Å². The zero-order valence-electron chi connectivity index (χ0n) is 36.3. The van der Waals surface area contributed by atoms with Crippen molar-refractivity contribution in [2.24, 2.45) is 44.3 Å². The number of rotatable bonds is 26. The molecule has 0 saturated carbocycles. The van der Waals surface area contributed by atoms with Crippen molar-refractivity contribution >= 4 is 0 Å². The van der Waals surface area contributed by atoms with Crippen molar-refractivity contribution < 1.29 is 0 Å². The average Bonchev–Trinajstić information content (AvgIpc) is 3.07. The van der Waals surface area contributed by atoms with E-state index in [9.17, 15) is 0 Å². The summed E-state index contributed by atoms with van der Waals surface area (Å²) in [6.07, 6.45) is 27.2. The molecule has 46 heavy (non-hydrogen) atoms. The van der Waals surface area contributed by atoms with Gasteiger partial charge in [-0.3, -0.25) is 0 Å². The maximum absolute atomic E-state index is 2.59. The topological polar surface area (TPSA) is 0 Å². The Labute approximate surface area is 296 Å². The monoisotopic (exact) mass is 649 g/mol. The van der Waals surface area contributed by atoms with E-state index in [2.05, 4.69) is 125 Å². The first-order chi connectivity index (χ1) is 21.4. The van der Waals surface area contributed by atoms with Gasteiger partial charge in [-0.1, -0.05) is 215 Å². The van der Waals surface area contributed by atoms with Crippen LogP contribution in [0, 0.1) is 44.3 Å². The fourth-order valence-corrected chi connectivity index (χ4v) is 9.50. The van der Waals surface area contributed by atoms with E-state index in [-0.39, 0.29) is 0 Å². The normalized spacial score (nSPS) is 17.1. The van der Waals surface area contributed by atoms with Gasteiger partial charge in [0.1, 0.15) is 0 Å². The minimum absolute atomic E-state index is 0.502. The van der Waals surface area contributed by atoms with Crippen molar-refractivity contribution in [3.8, 4) is 0 Å². The third kappa shape index (κ3) is 14.1. The van der Waals surface area contributed by atoms with Crippen LogP contribution in [0.25, 0.3) is 0 Å². The van der Waals surface area contributed by atoms with E-state index in [1.807, 2.05) is 0 Å². The van der Waals surface area contributed by atoms with Crippen molar-refractivity contribution in [1.82, 2.24) is 0 Å². The molecule has 0 aliphatic rings. The largest absolute Gasteiger partial charge is 0.0654 e. The van der Waals surface area contributed by atoms with E-state index in [1.54, 1.807) is 0 Å². The lowest BCUT2D eigenvalue weighted by atomic mass is 9.56. The lowest BCUT2D eigenvalue weighted by Gasteiger charge is -2.49. The first-order valence-corrected chi connectivity index (χ1v) is 21.4. The van der Waals surface area contributed by atoms with Gasteiger partial charge < -0.3 is 0 Å². The van der Waals surface area contributed by atoms with Crippen LogP contribution in [0.1, 0.15) is 253 Å². The summed E-state index contributed by atoms with van der Waals surface area (Å²) in [5, 5.41) is 0. The Kier molecular flexibility index (Phi) is 23.7. The van der Waals surface area contributed by atoms with Crippen LogP contribution >= 0.6 is 0 Å². The third-order valence-electron chi connectivity index (χ3n) is 15.8. The Morgan fingerprint density at radius 1 is 0.304 bits per heavy atom. The molecule has 0 bridgehead atoms. The van der Waals surface area contributed by atoms with Crippen LogP contribution in [0.4, 0.5) is 0 Å². The third-order valence-corrected chi connectivity index (χ3v) is 15.8. The van der Waals surface area contributed by atoms with Gasteiger partial charge in [0.2, 0.25) is 0 Å². The van der Waals surface area contributed by atoms with E-state index >= 15 is 0 Å². The van der Waals surface area contributed by atoms with Gasteiger partial charge in [0.25, 0.3) is 0 Å².